The number of sulfonamides is 1. The molecule has 10 heteroatoms. The molecule has 0 fully saturated rings. The molecule has 192 valence electrons. The van der Waals surface area contributed by atoms with Crippen LogP contribution in [0.4, 0.5) is 0 Å². The quantitative estimate of drug-likeness (QED) is 0.407. The molecule has 0 aliphatic carbocycles. The lowest BCUT2D eigenvalue weighted by Gasteiger charge is -2.32. The van der Waals surface area contributed by atoms with Crippen LogP contribution in [0, 0.1) is 0 Å². The number of hydrogen-bond donors (Lipinski definition) is 1. The van der Waals surface area contributed by atoms with Crippen LogP contribution in [-0.4, -0.2) is 68.5 Å². The van der Waals surface area contributed by atoms with E-state index in [1.54, 1.807) is 48.5 Å². The highest BCUT2D eigenvalue weighted by atomic mass is 35.5. The van der Waals surface area contributed by atoms with Crippen LogP contribution in [0.2, 0.25) is 5.02 Å². The van der Waals surface area contributed by atoms with Crippen molar-refractivity contribution < 1.29 is 22.7 Å². The van der Waals surface area contributed by atoms with Gasteiger partial charge in [-0.05, 0) is 43.5 Å². The zero-order valence-corrected chi connectivity index (χ0v) is 22.2. The third-order valence-corrected chi connectivity index (χ3v) is 6.77. The Labute approximate surface area is 213 Å². The molecule has 35 heavy (non-hydrogen) atoms. The monoisotopic (exact) mass is 523 g/mol. The van der Waals surface area contributed by atoms with E-state index < -0.39 is 28.5 Å². The van der Waals surface area contributed by atoms with E-state index in [-0.39, 0.29) is 18.6 Å². The average molecular weight is 524 g/mol. The molecule has 8 nitrogen and oxygen atoms in total. The second-order valence-electron chi connectivity index (χ2n) is 8.54. The van der Waals surface area contributed by atoms with Crippen LogP contribution in [-0.2, 0) is 30.9 Å². The van der Waals surface area contributed by atoms with Crippen molar-refractivity contribution in [2.24, 2.45) is 0 Å². The summed E-state index contributed by atoms with van der Waals surface area (Å²) in [4.78, 5) is 28.3. The van der Waals surface area contributed by atoms with Crippen LogP contribution < -0.4 is 5.32 Å². The molecule has 1 N–H and O–H groups in total. The van der Waals surface area contributed by atoms with E-state index in [0.717, 1.165) is 16.1 Å². The third-order valence-electron chi connectivity index (χ3n) is 5.26. The lowest BCUT2D eigenvalue weighted by Crippen LogP contribution is -2.47. The Kier molecular flexibility index (Phi) is 11.2. The number of benzene rings is 2. The summed E-state index contributed by atoms with van der Waals surface area (Å²) in [7, 11) is -2.26. The van der Waals surface area contributed by atoms with Crippen LogP contribution in [0.15, 0.2) is 54.6 Å². The maximum absolute atomic E-state index is 13.4. The van der Waals surface area contributed by atoms with Gasteiger partial charge < -0.3 is 15.0 Å². The van der Waals surface area contributed by atoms with Gasteiger partial charge in [0.25, 0.3) is 0 Å². The van der Waals surface area contributed by atoms with Crippen molar-refractivity contribution in [3.8, 4) is 0 Å². The van der Waals surface area contributed by atoms with Gasteiger partial charge in [0.15, 0.2) is 0 Å². The van der Waals surface area contributed by atoms with Crippen molar-refractivity contribution in [3.05, 3.63) is 70.7 Å². The Hall–Kier alpha value is -2.46. The summed E-state index contributed by atoms with van der Waals surface area (Å²) in [5.74, 6) is -0.856. The molecule has 0 radical (unpaired) electrons. The first kappa shape index (κ1) is 28.8. The summed E-state index contributed by atoms with van der Waals surface area (Å²) < 4.78 is 30.4. The minimum Gasteiger partial charge on any atom is -0.379 e. The Morgan fingerprint density at radius 1 is 1.06 bits per heavy atom. The summed E-state index contributed by atoms with van der Waals surface area (Å²) in [5, 5.41) is 3.45. The molecule has 0 bridgehead atoms. The predicted octanol–water partition coefficient (Wildman–Crippen LogP) is 3.23. The average Bonchev–Trinajstić information content (AvgIpc) is 2.79. The van der Waals surface area contributed by atoms with E-state index in [9.17, 15) is 18.0 Å². The molecule has 0 spiro atoms. The van der Waals surface area contributed by atoms with Gasteiger partial charge in [-0.25, -0.2) is 8.42 Å². The van der Waals surface area contributed by atoms with Crippen LogP contribution in [0.5, 0.6) is 0 Å². The summed E-state index contributed by atoms with van der Waals surface area (Å²) >= 11 is 6.01. The smallest absolute Gasteiger partial charge is 0.247 e. The van der Waals surface area contributed by atoms with Crippen LogP contribution in [0.25, 0.3) is 0 Å². The first-order valence-electron chi connectivity index (χ1n) is 11.4. The number of likely N-dealkylation sites (N-methyl/N-ethyl adjacent to an activating group) is 1. The molecule has 2 aromatic carbocycles. The molecule has 0 saturated heterocycles. The third kappa shape index (κ3) is 9.60. The maximum Gasteiger partial charge on any atom is 0.247 e. The number of carbonyl (C=O) groups is 2. The number of ether oxygens (including phenoxy) is 1. The zero-order chi connectivity index (χ0) is 26.0. The SMILES string of the molecule is CC(C)OCCCNC(=O)C(c1ccccc1)N(Cc1ccc(Cl)cc1)C(=O)CN(C)S(C)(=O)=O. The Bertz CT molecular complexity index is 1060. The maximum atomic E-state index is 13.4. The highest BCUT2D eigenvalue weighted by Crippen LogP contribution is 2.25. The number of hydrogen-bond acceptors (Lipinski definition) is 5. The molecule has 0 aromatic heterocycles. The molecule has 0 aliphatic rings. The second kappa shape index (κ2) is 13.6. The predicted molar refractivity (Wildman–Crippen MR) is 137 cm³/mol. The van der Waals surface area contributed by atoms with Gasteiger partial charge in [0, 0.05) is 31.8 Å². The molecule has 2 rings (SSSR count). The highest BCUT2D eigenvalue weighted by molar-refractivity contribution is 7.88. The number of nitrogens with zero attached hydrogens (tertiary/aromatic N) is 2. The van der Waals surface area contributed by atoms with Gasteiger partial charge in [-0.2, -0.15) is 4.31 Å². The Morgan fingerprint density at radius 3 is 2.26 bits per heavy atom. The lowest BCUT2D eigenvalue weighted by atomic mass is 10.0. The van der Waals surface area contributed by atoms with E-state index in [0.29, 0.717) is 30.2 Å². The Balaban J connectivity index is 2.36. The molecule has 0 heterocycles. The molecule has 0 aliphatic heterocycles. The molecule has 0 saturated carbocycles. The first-order chi connectivity index (χ1) is 16.5. The molecule has 1 unspecified atom stereocenters. The summed E-state index contributed by atoms with van der Waals surface area (Å²) in [5.41, 5.74) is 1.37. The van der Waals surface area contributed by atoms with E-state index >= 15 is 0 Å². The van der Waals surface area contributed by atoms with Crippen LogP contribution in [0.3, 0.4) is 0 Å². The van der Waals surface area contributed by atoms with Gasteiger partial charge in [0.1, 0.15) is 6.04 Å². The molecular formula is C25H34ClN3O5S. The minimum absolute atomic E-state index is 0.0943. The number of rotatable bonds is 13. The van der Waals surface area contributed by atoms with E-state index in [1.165, 1.54) is 11.9 Å². The standard InChI is InChI=1S/C25H34ClN3O5S/c1-19(2)34-16-8-15-27-25(31)24(21-9-6-5-7-10-21)29(17-20-11-13-22(26)14-12-20)23(30)18-28(3)35(4,32)33/h5-7,9-14,19,24H,8,15-18H2,1-4H3,(H,27,31). The van der Waals surface area contributed by atoms with Crippen molar-refractivity contribution in [3.63, 3.8) is 0 Å². The van der Waals surface area contributed by atoms with Gasteiger partial charge in [-0.15, -0.1) is 0 Å². The van der Waals surface area contributed by atoms with E-state index in [1.807, 2.05) is 19.9 Å². The topological polar surface area (TPSA) is 96.0 Å². The van der Waals surface area contributed by atoms with E-state index in [4.69, 9.17) is 16.3 Å². The van der Waals surface area contributed by atoms with Gasteiger partial charge >= 0.3 is 0 Å². The van der Waals surface area contributed by atoms with Crippen molar-refractivity contribution >= 4 is 33.4 Å². The molecule has 2 aromatic rings. The largest absolute Gasteiger partial charge is 0.379 e. The highest BCUT2D eigenvalue weighted by Gasteiger charge is 2.32. The van der Waals surface area contributed by atoms with Gasteiger partial charge in [0.05, 0.1) is 18.9 Å². The Morgan fingerprint density at radius 2 is 1.69 bits per heavy atom. The van der Waals surface area contributed by atoms with E-state index in [2.05, 4.69) is 5.32 Å². The molecular weight excluding hydrogens is 490 g/mol. The first-order valence-corrected chi connectivity index (χ1v) is 13.6. The number of carbonyl (C=O) groups excluding carboxylic acids is 2. The van der Waals surface area contributed by atoms with Crippen LogP contribution >= 0.6 is 11.6 Å². The van der Waals surface area contributed by atoms with Gasteiger partial charge in [-0.3, -0.25) is 9.59 Å². The van der Waals surface area contributed by atoms with Crippen molar-refractivity contribution in [2.75, 3.05) is 33.0 Å². The number of halogens is 1. The summed E-state index contributed by atoms with van der Waals surface area (Å²) in [6, 6.07) is 14.9. The number of amides is 2. The lowest BCUT2D eigenvalue weighted by molar-refractivity contribution is -0.141. The normalized spacial score (nSPS) is 12.5. The van der Waals surface area contributed by atoms with Gasteiger partial charge in [-0.1, -0.05) is 54.1 Å². The van der Waals surface area contributed by atoms with Crippen molar-refractivity contribution in [1.29, 1.82) is 0 Å². The fraction of sp³-hybridized carbons (Fsp3) is 0.440. The minimum atomic E-state index is -3.59. The summed E-state index contributed by atoms with van der Waals surface area (Å²) in [6.45, 7) is 4.46. The van der Waals surface area contributed by atoms with Crippen LogP contribution in [0.1, 0.15) is 37.4 Å². The van der Waals surface area contributed by atoms with Crippen molar-refractivity contribution in [1.82, 2.24) is 14.5 Å². The zero-order valence-electron chi connectivity index (χ0n) is 20.6. The summed E-state index contributed by atoms with van der Waals surface area (Å²) in [6.07, 6.45) is 1.75. The van der Waals surface area contributed by atoms with Gasteiger partial charge in [0.2, 0.25) is 21.8 Å². The fourth-order valence-electron chi connectivity index (χ4n) is 3.32. The van der Waals surface area contributed by atoms with Crippen molar-refractivity contribution in [2.45, 2.75) is 39.0 Å². The number of nitrogens with one attached hydrogen (secondary N) is 1. The fourth-order valence-corrected chi connectivity index (χ4v) is 3.79. The second-order valence-corrected chi connectivity index (χ2v) is 11.1. The molecule has 1 atom stereocenters. The molecule has 2 amide bonds.